The molecule has 0 atom stereocenters. The maximum atomic E-state index is 12.5. The number of alkyl halides is 3. The lowest BCUT2D eigenvalue weighted by Gasteiger charge is -2.36. The van der Waals surface area contributed by atoms with Crippen molar-refractivity contribution in [3.05, 3.63) is 119 Å². The van der Waals surface area contributed by atoms with Crippen molar-refractivity contribution in [3.63, 3.8) is 0 Å². The van der Waals surface area contributed by atoms with Gasteiger partial charge in [-0.3, -0.25) is 4.90 Å². The zero-order valence-electron chi connectivity index (χ0n) is 23.1. The molecule has 0 amide bonds. The molecular weight excluding hydrogens is 541 g/mol. The Hall–Kier alpha value is -4.81. The topological polar surface area (TPSA) is 93.6 Å². The number of halogens is 3. The minimum absolute atomic E-state index is 0.0651. The van der Waals surface area contributed by atoms with Gasteiger partial charge >= 0.3 is 12.1 Å². The molecule has 1 aliphatic rings. The standard InChI is InChI=1S/C18H20N4.C15H11F3O2/c19-13-15-2-1-3-16(12-15)14-21-8-10-22(11-9-21)18-6-4-17(20)5-7-18;1-9-2-7-12(14(19)20)13(8-9)10-3-5-11(6-4-10)15(16,17)18/h1-7,12H,8-11,14,20H2;2-8H,1H3,(H,19,20). The van der Waals surface area contributed by atoms with Crippen molar-refractivity contribution in [2.24, 2.45) is 0 Å². The molecule has 0 unspecified atom stereocenters. The number of nitrogens with zero attached hydrogens (tertiary/aromatic N) is 3. The van der Waals surface area contributed by atoms with Crippen molar-refractivity contribution >= 4 is 17.3 Å². The Kier molecular flexibility index (Phi) is 9.50. The smallest absolute Gasteiger partial charge is 0.416 e. The van der Waals surface area contributed by atoms with Crippen molar-refractivity contribution in [3.8, 4) is 17.2 Å². The molecule has 0 bridgehead atoms. The zero-order valence-corrected chi connectivity index (χ0v) is 23.1. The molecule has 1 aliphatic heterocycles. The second-order valence-corrected chi connectivity index (χ2v) is 10.1. The predicted molar refractivity (Wildman–Crippen MR) is 158 cm³/mol. The SMILES string of the molecule is Cc1ccc(C(=O)O)c(-c2ccc(C(F)(F)F)cc2)c1.N#Cc1cccc(CN2CCN(c3ccc(N)cc3)CC2)c1. The molecule has 1 heterocycles. The van der Waals surface area contributed by atoms with Gasteiger partial charge in [0.25, 0.3) is 0 Å². The highest BCUT2D eigenvalue weighted by molar-refractivity contribution is 5.96. The van der Waals surface area contributed by atoms with Crippen LogP contribution in [-0.2, 0) is 12.7 Å². The third-order valence-corrected chi connectivity index (χ3v) is 7.02. The maximum absolute atomic E-state index is 12.5. The number of hydrogen-bond donors (Lipinski definition) is 2. The summed E-state index contributed by atoms with van der Waals surface area (Å²) in [7, 11) is 0. The maximum Gasteiger partial charge on any atom is 0.416 e. The predicted octanol–water partition coefficient (Wildman–Crippen LogP) is 6.84. The number of nitrogens with two attached hydrogens (primary N) is 1. The number of rotatable bonds is 5. The van der Waals surface area contributed by atoms with Gasteiger partial charge in [-0.05, 0) is 78.2 Å². The van der Waals surface area contributed by atoms with Crippen LogP contribution in [0.1, 0.15) is 32.6 Å². The highest BCUT2D eigenvalue weighted by atomic mass is 19.4. The summed E-state index contributed by atoms with van der Waals surface area (Å²) in [5.74, 6) is -1.11. The Morgan fingerprint density at radius 2 is 1.60 bits per heavy atom. The summed E-state index contributed by atoms with van der Waals surface area (Å²) < 4.78 is 37.5. The van der Waals surface area contributed by atoms with E-state index >= 15 is 0 Å². The van der Waals surface area contributed by atoms with Crippen LogP contribution in [0.3, 0.4) is 0 Å². The van der Waals surface area contributed by atoms with Crippen LogP contribution in [0.25, 0.3) is 11.1 Å². The van der Waals surface area contributed by atoms with Gasteiger partial charge in [-0.25, -0.2) is 4.79 Å². The van der Waals surface area contributed by atoms with Crippen LogP contribution in [0, 0.1) is 18.3 Å². The van der Waals surface area contributed by atoms with Crippen LogP contribution < -0.4 is 10.6 Å². The van der Waals surface area contributed by atoms with Crippen molar-refractivity contribution in [1.82, 2.24) is 4.90 Å². The van der Waals surface area contributed by atoms with Crippen molar-refractivity contribution in [1.29, 1.82) is 5.26 Å². The molecule has 4 aromatic rings. The molecule has 0 radical (unpaired) electrons. The van der Waals surface area contributed by atoms with Gasteiger partial charge in [-0.15, -0.1) is 0 Å². The lowest BCUT2D eigenvalue weighted by atomic mass is 9.97. The van der Waals surface area contributed by atoms with Crippen molar-refractivity contribution < 1.29 is 23.1 Å². The number of nitrogen functional groups attached to an aromatic ring is 1. The Balaban J connectivity index is 0.000000194. The van der Waals surface area contributed by atoms with E-state index in [4.69, 9.17) is 16.1 Å². The van der Waals surface area contributed by atoms with Gasteiger partial charge in [0.2, 0.25) is 0 Å². The molecule has 1 saturated heterocycles. The summed E-state index contributed by atoms with van der Waals surface area (Å²) in [6, 6.07) is 27.4. The molecule has 42 heavy (non-hydrogen) atoms. The molecule has 216 valence electrons. The van der Waals surface area contributed by atoms with Gasteiger partial charge < -0.3 is 15.7 Å². The summed E-state index contributed by atoms with van der Waals surface area (Å²) in [4.78, 5) is 16.0. The fraction of sp³-hybridized carbons (Fsp3) is 0.212. The Labute approximate surface area is 243 Å². The normalized spacial score (nSPS) is 13.5. The van der Waals surface area contributed by atoms with Gasteiger partial charge in [-0.1, -0.05) is 42.0 Å². The number of carboxylic acids is 1. The highest BCUT2D eigenvalue weighted by Crippen LogP contribution is 2.32. The lowest BCUT2D eigenvalue weighted by molar-refractivity contribution is -0.137. The molecule has 0 aliphatic carbocycles. The summed E-state index contributed by atoms with van der Waals surface area (Å²) in [5, 5.41) is 18.1. The average Bonchev–Trinajstić information content (AvgIpc) is 2.98. The van der Waals surface area contributed by atoms with E-state index in [1.54, 1.807) is 19.1 Å². The average molecular weight is 573 g/mol. The zero-order chi connectivity index (χ0) is 30.3. The quantitative estimate of drug-likeness (QED) is 0.254. The molecular formula is C33H31F3N4O2. The monoisotopic (exact) mass is 572 g/mol. The van der Waals surface area contributed by atoms with Crippen molar-refractivity contribution in [2.75, 3.05) is 36.8 Å². The summed E-state index contributed by atoms with van der Waals surface area (Å²) in [6.45, 7) is 6.79. The number of nitriles is 1. The van der Waals surface area contributed by atoms with Crippen LogP contribution >= 0.6 is 0 Å². The minimum Gasteiger partial charge on any atom is -0.478 e. The van der Waals surface area contributed by atoms with Crippen LogP contribution in [-0.4, -0.2) is 42.2 Å². The second-order valence-electron chi connectivity index (χ2n) is 10.1. The first kappa shape index (κ1) is 30.2. The fourth-order valence-electron chi connectivity index (χ4n) is 4.77. The molecule has 5 rings (SSSR count). The first-order chi connectivity index (χ1) is 20.0. The van der Waals surface area contributed by atoms with E-state index in [-0.39, 0.29) is 5.56 Å². The van der Waals surface area contributed by atoms with E-state index in [1.807, 2.05) is 30.3 Å². The molecule has 9 heteroatoms. The number of carbonyl (C=O) groups is 1. The molecule has 3 N–H and O–H groups in total. The summed E-state index contributed by atoms with van der Waals surface area (Å²) in [6.07, 6.45) is -4.40. The molecule has 0 spiro atoms. The van der Waals surface area contributed by atoms with Crippen LogP contribution in [0.15, 0.2) is 91.0 Å². The Morgan fingerprint density at radius 3 is 2.19 bits per heavy atom. The second kappa shape index (κ2) is 13.2. The van der Waals surface area contributed by atoms with Crippen molar-refractivity contribution in [2.45, 2.75) is 19.6 Å². The Bertz CT molecular complexity index is 1550. The van der Waals surface area contributed by atoms with Crippen LogP contribution in [0.4, 0.5) is 24.5 Å². The third kappa shape index (κ3) is 7.89. The lowest BCUT2D eigenvalue weighted by Crippen LogP contribution is -2.45. The van der Waals surface area contributed by atoms with E-state index in [9.17, 15) is 18.0 Å². The largest absolute Gasteiger partial charge is 0.478 e. The number of hydrogen-bond acceptors (Lipinski definition) is 5. The molecule has 1 fully saturated rings. The van der Waals surface area contributed by atoms with E-state index in [2.05, 4.69) is 34.1 Å². The fourth-order valence-corrected chi connectivity index (χ4v) is 4.77. The van der Waals surface area contributed by atoms with Gasteiger partial charge in [0.1, 0.15) is 0 Å². The molecule has 6 nitrogen and oxygen atoms in total. The van der Waals surface area contributed by atoms with Gasteiger partial charge in [0, 0.05) is 44.1 Å². The van der Waals surface area contributed by atoms with E-state index in [1.165, 1.54) is 29.4 Å². The third-order valence-electron chi connectivity index (χ3n) is 7.02. The minimum atomic E-state index is -4.40. The molecule has 0 aromatic heterocycles. The number of anilines is 2. The van der Waals surface area contributed by atoms with Gasteiger partial charge in [-0.2, -0.15) is 18.4 Å². The van der Waals surface area contributed by atoms with Gasteiger partial charge in [0.15, 0.2) is 0 Å². The number of aromatic carboxylic acids is 1. The molecule has 4 aromatic carbocycles. The highest BCUT2D eigenvalue weighted by Gasteiger charge is 2.30. The summed E-state index contributed by atoms with van der Waals surface area (Å²) >= 11 is 0. The number of benzene rings is 4. The number of piperazine rings is 1. The first-order valence-electron chi connectivity index (χ1n) is 13.4. The van der Waals surface area contributed by atoms with Crippen LogP contribution in [0.5, 0.6) is 0 Å². The van der Waals surface area contributed by atoms with E-state index < -0.39 is 17.7 Å². The number of aryl methyl sites for hydroxylation is 1. The first-order valence-corrected chi connectivity index (χ1v) is 13.4. The summed E-state index contributed by atoms with van der Waals surface area (Å²) in [5.41, 5.74) is 10.7. The number of carboxylic acid groups (broad SMARTS) is 1. The van der Waals surface area contributed by atoms with E-state index in [0.717, 1.165) is 61.7 Å². The van der Waals surface area contributed by atoms with Gasteiger partial charge in [0.05, 0.1) is 22.8 Å². The van der Waals surface area contributed by atoms with Crippen LogP contribution in [0.2, 0.25) is 0 Å². The molecule has 0 saturated carbocycles. The van der Waals surface area contributed by atoms with E-state index in [0.29, 0.717) is 11.1 Å². The Morgan fingerprint density at radius 1 is 0.929 bits per heavy atom.